The Kier molecular flexibility index (Phi) is 3.28. The van der Waals surface area contributed by atoms with Crippen LogP contribution in [0.3, 0.4) is 0 Å². The monoisotopic (exact) mass is 352 g/mol. The van der Waals surface area contributed by atoms with Crippen molar-refractivity contribution < 1.29 is 20.1 Å². The summed E-state index contributed by atoms with van der Waals surface area (Å²) < 4.78 is 1.65. The SMILES string of the molecule is Cn1cnc(-c2[c-]nccc2)n1.[Ir]. The van der Waals surface area contributed by atoms with Crippen molar-refractivity contribution in [2.75, 3.05) is 0 Å². The van der Waals surface area contributed by atoms with Crippen molar-refractivity contribution in [3.05, 3.63) is 30.9 Å². The van der Waals surface area contributed by atoms with Crippen LogP contribution in [0, 0.1) is 6.20 Å². The van der Waals surface area contributed by atoms with Crippen LogP contribution in [0.5, 0.6) is 0 Å². The molecule has 2 heterocycles. The van der Waals surface area contributed by atoms with Gasteiger partial charge in [-0.2, -0.15) is 0 Å². The molecule has 13 heavy (non-hydrogen) atoms. The van der Waals surface area contributed by atoms with Crippen LogP contribution in [0.1, 0.15) is 0 Å². The number of nitrogens with zero attached hydrogens (tertiary/aromatic N) is 4. The van der Waals surface area contributed by atoms with Gasteiger partial charge in [-0.15, -0.1) is 12.1 Å². The topological polar surface area (TPSA) is 43.6 Å². The van der Waals surface area contributed by atoms with Crippen LogP contribution in [0.15, 0.2) is 24.7 Å². The molecule has 0 bridgehead atoms. The summed E-state index contributed by atoms with van der Waals surface area (Å²) in [5.41, 5.74) is 0.818. The smallest absolute Gasteiger partial charge is 0.102 e. The van der Waals surface area contributed by atoms with Crippen molar-refractivity contribution in [2.45, 2.75) is 0 Å². The van der Waals surface area contributed by atoms with E-state index in [0.29, 0.717) is 5.82 Å². The zero-order chi connectivity index (χ0) is 8.39. The molecule has 0 atom stereocenters. The van der Waals surface area contributed by atoms with Gasteiger partial charge in [0.05, 0.1) is 5.82 Å². The molecule has 0 fully saturated rings. The summed E-state index contributed by atoms with van der Waals surface area (Å²) >= 11 is 0. The number of rotatable bonds is 1. The fraction of sp³-hybridized carbons (Fsp3) is 0.125. The van der Waals surface area contributed by atoms with Crippen LogP contribution in [-0.2, 0) is 27.2 Å². The molecule has 1 radical (unpaired) electrons. The van der Waals surface area contributed by atoms with Crippen LogP contribution in [0.2, 0.25) is 0 Å². The normalized spacial score (nSPS) is 9.31. The molecule has 0 aliphatic carbocycles. The first-order valence-electron chi connectivity index (χ1n) is 3.55. The van der Waals surface area contributed by atoms with Crippen molar-refractivity contribution in [1.82, 2.24) is 19.7 Å². The van der Waals surface area contributed by atoms with E-state index in [1.807, 2.05) is 19.2 Å². The van der Waals surface area contributed by atoms with Gasteiger partial charge >= 0.3 is 0 Å². The molecule has 2 aromatic rings. The summed E-state index contributed by atoms with van der Waals surface area (Å²) in [5.74, 6) is 0.658. The Morgan fingerprint density at radius 1 is 1.46 bits per heavy atom. The maximum absolute atomic E-state index is 4.12. The average molecular weight is 351 g/mol. The Morgan fingerprint density at radius 2 is 2.31 bits per heavy atom. The van der Waals surface area contributed by atoms with Crippen LogP contribution in [-0.4, -0.2) is 19.7 Å². The minimum absolute atomic E-state index is 0. The van der Waals surface area contributed by atoms with Crippen LogP contribution in [0.4, 0.5) is 0 Å². The van der Waals surface area contributed by atoms with Gasteiger partial charge in [-0.1, -0.05) is 11.8 Å². The standard InChI is InChI=1S/C8H7N4.Ir/c1-12-6-10-8(11-12)7-3-2-4-9-5-7;/h2-4,6H,1H3;/q-1;. The van der Waals surface area contributed by atoms with Gasteiger partial charge in [-0.05, 0) is 6.20 Å². The molecule has 5 heteroatoms. The van der Waals surface area contributed by atoms with Crippen LogP contribution < -0.4 is 0 Å². The van der Waals surface area contributed by atoms with Gasteiger partial charge in [0, 0.05) is 27.2 Å². The van der Waals surface area contributed by atoms with E-state index in [0.717, 1.165) is 5.56 Å². The molecule has 0 spiro atoms. The predicted molar refractivity (Wildman–Crippen MR) is 43.1 cm³/mol. The number of aryl methyl sites for hydroxylation is 1. The van der Waals surface area contributed by atoms with E-state index < -0.39 is 0 Å². The summed E-state index contributed by atoms with van der Waals surface area (Å²) in [6.07, 6.45) is 6.13. The number of hydrogen-bond acceptors (Lipinski definition) is 3. The van der Waals surface area contributed by atoms with Crippen molar-refractivity contribution in [3.63, 3.8) is 0 Å². The molecule has 0 aliphatic rings. The van der Waals surface area contributed by atoms with Crippen molar-refractivity contribution >= 4 is 0 Å². The number of pyridine rings is 1. The first-order chi connectivity index (χ1) is 5.86. The van der Waals surface area contributed by atoms with Gasteiger partial charge in [0.25, 0.3) is 0 Å². The second-order valence-corrected chi connectivity index (χ2v) is 2.40. The van der Waals surface area contributed by atoms with E-state index >= 15 is 0 Å². The fourth-order valence-corrected chi connectivity index (χ4v) is 0.914. The summed E-state index contributed by atoms with van der Waals surface area (Å²) in [5, 5.41) is 4.12. The van der Waals surface area contributed by atoms with Crippen molar-refractivity contribution in [1.29, 1.82) is 0 Å². The van der Waals surface area contributed by atoms with E-state index in [-0.39, 0.29) is 20.1 Å². The van der Waals surface area contributed by atoms with Crippen LogP contribution >= 0.6 is 0 Å². The minimum atomic E-state index is 0. The van der Waals surface area contributed by atoms with Gasteiger partial charge < -0.3 is 4.98 Å². The molecule has 2 rings (SSSR count). The Bertz CT molecular complexity index is 371. The number of aromatic nitrogens is 4. The van der Waals surface area contributed by atoms with Gasteiger partial charge in [0.1, 0.15) is 6.33 Å². The summed E-state index contributed by atoms with van der Waals surface area (Å²) in [4.78, 5) is 7.92. The molecule has 0 aromatic carbocycles. The van der Waals surface area contributed by atoms with E-state index in [1.165, 1.54) is 0 Å². The second kappa shape index (κ2) is 4.25. The molecular formula is C8H7IrN4-. The molecule has 0 saturated carbocycles. The zero-order valence-electron chi connectivity index (χ0n) is 6.93. The molecule has 69 valence electrons. The third-order valence-electron chi connectivity index (χ3n) is 1.45. The largest absolute Gasteiger partial charge is 0.360 e. The maximum atomic E-state index is 4.12. The first kappa shape index (κ1) is 10.0. The molecule has 4 nitrogen and oxygen atoms in total. The molecule has 0 aliphatic heterocycles. The Labute approximate surface area is 89.4 Å². The molecule has 0 saturated heterocycles. The van der Waals surface area contributed by atoms with Gasteiger partial charge in [-0.3, -0.25) is 9.67 Å². The molecule has 0 N–H and O–H groups in total. The van der Waals surface area contributed by atoms with E-state index in [9.17, 15) is 0 Å². The maximum Gasteiger partial charge on any atom is 0.102 e. The van der Waals surface area contributed by atoms with Gasteiger partial charge in [0.2, 0.25) is 0 Å². The summed E-state index contributed by atoms with van der Waals surface area (Å²) in [7, 11) is 1.83. The average Bonchev–Trinajstić information content (AvgIpc) is 2.54. The fourth-order valence-electron chi connectivity index (χ4n) is 0.914. The van der Waals surface area contributed by atoms with E-state index in [2.05, 4.69) is 21.3 Å². The van der Waals surface area contributed by atoms with Crippen molar-refractivity contribution in [2.24, 2.45) is 7.05 Å². The molecule has 0 unspecified atom stereocenters. The van der Waals surface area contributed by atoms with E-state index in [1.54, 1.807) is 17.2 Å². The zero-order valence-corrected chi connectivity index (χ0v) is 9.33. The predicted octanol–water partition coefficient (Wildman–Crippen LogP) is 0.675. The molecule has 0 amide bonds. The summed E-state index contributed by atoms with van der Waals surface area (Å²) in [6, 6.07) is 3.71. The van der Waals surface area contributed by atoms with Crippen LogP contribution in [0.25, 0.3) is 11.4 Å². The summed E-state index contributed by atoms with van der Waals surface area (Å²) in [6.45, 7) is 0. The molecule has 2 aromatic heterocycles. The van der Waals surface area contributed by atoms with Gasteiger partial charge in [-0.25, -0.2) is 5.10 Å². The Morgan fingerprint density at radius 3 is 2.85 bits per heavy atom. The third kappa shape index (κ3) is 2.20. The third-order valence-corrected chi connectivity index (χ3v) is 1.45. The molecular weight excluding hydrogens is 344 g/mol. The quantitative estimate of drug-likeness (QED) is 0.710. The Balaban J connectivity index is 0.000000845. The first-order valence-corrected chi connectivity index (χ1v) is 3.55. The Hall–Kier alpha value is -1.06. The minimum Gasteiger partial charge on any atom is -0.360 e. The van der Waals surface area contributed by atoms with E-state index in [4.69, 9.17) is 0 Å². The number of hydrogen-bond donors (Lipinski definition) is 0. The van der Waals surface area contributed by atoms with Crippen molar-refractivity contribution in [3.8, 4) is 11.4 Å². The second-order valence-electron chi connectivity index (χ2n) is 2.40. The van der Waals surface area contributed by atoms with Gasteiger partial charge in [0.15, 0.2) is 0 Å².